The minimum absolute atomic E-state index is 0.916. The van der Waals surface area contributed by atoms with E-state index in [2.05, 4.69) is 15.9 Å². The zero-order valence-electron chi connectivity index (χ0n) is 7.74. The van der Waals surface area contributed by atoms with Gasteiger partial charge in [-0.15, -0.1) is 0 Å². The summed E-state index contributed by atoms with van der Waals surface area (Å²) < 4.78 is 13.1. The van der Waals surface area contributed by atoms with Gasteiger partial charge >= 0.3 is 0 Å². The molecule has 0 aliphatic carbocycles. The maximum atomic E-state index is 12.1. The highest BCUT2D eigenvalue weighted by molar-refractivity contribution is 9.10. The largest absolute Gasteiger partial charge is 0.249 e. The average Bonchev–Trinajstić information content (AvgIpc) is 2.54. The zero-order valence-corrected chi connectivity index (χ0v) is 10.1. The van der Waals surface area contributed by atoms with Crippen molar-refractivity contribution in [2.75, 3.05) is 0 Å². The van der Waals surface area contributed by atoms with E-state index >= 15 is 0 Å². The molecular weight excluding hydrogens is 272 g/mol. The van der Waals surface area contributed by atoms with Crippen molar-refractivity contribution in [3.63, 3.8) is 0 Å². The van der Waals surface area contributed by atoms with Crippen LogP contribution >= 0.6 is 15.9 Å². The molecule has 3 rings (SSSR count). The summed E-state index contributed by atoms with van der Waals surface area (Å²) in [5.41, 5.74) is 2.17. The Kier molecular flexibility index (Phi) is 2.04. The summed E-state index contributed by atoms with van der Waals surface area (Å²) >= 11 is 3.44. The molecule has 1 atom stereocenters. The highest BCUT2D eigenvalue weighted by atomic mass is 79.9. The summed E-state index contributed by atoms with van der Waals surface area (Å²) in [4.78, 5) is 1.84. The molecule has 0 fully saturated rings. The molecule has 1 aliphatic heterocycles. The summed E-state index contributed by atoms with van der Waals surface area (Å²) in [6.45, 7) is 0. The number of fused-ring (bicyclic) bond motifs is 3. The Bertz CT molecular complexity index is 578. The lowest BCUT2D eigenvalue weighted by Gasteiger charge is -1.98. The van der Waals surface area contributed by atoms with Gasteiger partial charge in [-0.2, -0.15) is 0 Å². The normalized spacial score (nSPS) is 17.3. The monoisotopic (exact) mass is 278 g/mol. The van der Waals surface area contributed by atoms with E-state index in [1.807, 2.05) is 42.5 Å². The van der Waals surface area contributed by atoms with E-state index in [0.717, 1.165) is 25.4 Å². The first kappa shape index (κ1) is 9.31. The summed E-state index contributed by atoms with van der Waals surface area (Å²) in [5.74, 6) is 0. The fraction of sp³-hybridized carbons (Fsp3) is 0. The van der Waals surface area contributed by atoms with Crippen LogP contribution in [0.15, 0.2) is 56.7 Å². The predicted molar refractivity (Wildman–Crippen MR) is 64.3 cm³/mol. The smallest absolute Gasteiger partial charge is 0.0862 e. The van der Waals surface area contributed by atoms with Gasteiger partial charge < -0.3 is 0 Å². The second-order valence-corrected chi connectivity index (χ2v) is 5.74. The highest BCUT2D eigenvalue weighted by Crippen LogP contribution is 2.41. The van der Waals surface area contributed by atoms with Gasteiger partial charge in [0, 0.05) is 10.0 Å². The molecule has 0 bridgehead atoms. The van der Waals surface area contributed by atoms with E-state index in [0.29, 0.717) is 0 Å². The van der Waals surface area contributed by atoms with E-state index in [1.165, 1.54) is 0 Å². The van der Waals surface area contributed by atoms with Crippen molar-refractivity contribution in [2.45, 2.75) is 9.79 Å². The van der Waals surface area contributed by atoms with E-state index < -0.39 is 10.8 Å². The number of hydrogen-bond acceptors (Lipinski definition) is 1. The van der Waals surface area contributed by atoms with Crippen LogP contribution in [0, 0.1) is 0 Å². The summed E-state index contributed by atoms with van der Waals surface area (Å²) in [7, 11) is -1.00. The molecule has 2 aromatic rings. The van der Waals surface area contributed by atoms with Gasteiger partial charge in [0.1, 0.15) is 0 Å². The Balaban J connectivity index is 2.39. The lowest BCUT2D eigenvalue weighted by atomic mass is 10.1. The maximum absolute atomic E-state index is 12.1. The van der Waals surface area contributed by atoms with Crippen LogP contribution in [0.25, 0.3) is 11.1 Å². The molecule has 3 heteroatoms. The minimum atomic E-state index is -1.00. The van der Waals surface area contributed by atoms with Crippen LogP contribution in [-0.4, -0.2) is 4.21 Å². The second kappa shape index (κ2) is 3.29. The van der Waals surface area contributed by atoms with Crippen LogP contribution in [-0.2, 0) is 10.8 Å². The second-order valence-electron chi connectivity index (χ2n) is 3.41. The zero-order chi connectivity index (χ0) is 10.4. The number of halogens is 1. The predicted octanol–water partition coefficient (Wildman–Crippen LogP) is 3.60. The molecule has 0 amide bonds. The van der Waals surface area contributed by atoms with Crippen molar-refractivity contribution < 1.29 is 4.21 Å². The van der Waals surface area contributed by atoms with Crippen molar-refractivity contribution in [1.29, 1.82) is 0 Å². The lowest BCUT2D eigenvalue weighted by Crippen LogP contribution is -1.84. The van der Waals surface area contributed by atoms with Crippen LogP contribution in [0.3, 0.4) is 0 Å². The third kappa shape index (κ3) is 1.30. The molecule has 0 radical (unpaired) electrons. The highest BCUT2D eigenvalue weighted by Gasteiger charge is 2.24. The summed E-state index contributed by atoms with van der Waals surface area (Å²) in [6.07, 6.45) is 0. The van der Waals surface area contributed by atoms with Gasteiger partial charge in [-0.3, -0.25) is 0 Å². The van der Waals surface area contributed by atoms with Gasteiger partial charge in [0.05, 0.1) is 20.6 Å². The molecule has 1 nitrogen and oxygen atoms in total. The standard InChI is InChI=1S/C12H7BrOS/c13-8-5-6-12-10(7-8)9-3-1-2-4-11(9)15(12)14/h1-7H. The van der Waals surface area contributed by atoms with Gasteiger partial charge in [0.25, 0.3) is 0 Å². The Labute approximate surface area is 98.7 Å². The van der Waals surface area contributed by atoms with Gasteiger partial charge in [0.2, 0.25) is 0 Å². The third-order valence-electron chi connectivity index (χ3n) is 2.52. The van der Waals surface area contributed by atoms with Crippen LogP contribution < -0.4 is 0 Å². The Morgan fingerprint density at radius 2 is 1.67 bits per heavy atom. The van der Waals surface area contributed by atoms with E-state index in [9.17, 15) is 4.21 Å². The Morgan fingerprint density at radius 3 is 2.53 bits per heavy atom. The van der Waals surface area contributed by atoms with Gasteiger partial charge in [-0.25, -0.2) is 4.21 Å². The van der Waals surface area contributed by atoms with Crippen molar-refractivity contribution in [3.8, 4) is 11.1 Å². The van der Waals surface area contributed by atoms with Gasteiger partial charge in [0.15, 0.2) is 0 Å². The molecule has 0 spiro atoms. The molecule has 1 unspecified atom stereocenters. The van der Waals surface area contributed by atoms with Crippen molar-refractivity contribution in [3.05, 3.63) is 46.9 Å². The van der Waals surface area contributed by atoms with E-state index in [4.69, 9.17) is 0 Å². The van der Waals surface area contributed by atoms with E-state index in [-0.39, 0.29) is 0 Å². The van der Waals surface area contributed by atoms with Crippen LogP contribution in [0.5, 0.6) is 0 Å². The summed E-state index contributed by atoms with van der Waals surface area (Å²) in [5, 5.41) is 0. The summed E-state index contributed by atoms with van der Waals surface area (Å²) in [6, 6.07) is 13.7. The number of rotatable bonds is 0. The van der Waals surface area contributed by atoms with Crippen LogP contribution in [0.1, 0.15) is 0 Å². The first-order chi connectivity index (χ1) is 7.27. The lowest BCUT2D eigenvalue weighted by molar-refractivity contribution is 0.685. The molecule has 0 aromatic heterocycles. The van der Waals surface area contributed by atoms with Crippen molar-refractivity contribution in [1.82, 2.24) is 0 Å². The molecule has 2 aromatic carbocycles. The number of hydrogen-bond donors (Lipinski definition) is 0. The fourth-order valence-electron chi connectivity index (χ4n) is 1.84. The molecule has 0 saturated heterocycles. The van der Waals surface area contributed by atoms with Gasteiger partial charge in [-0.1, -0.05) is 34.1 Å². The third-order valence-corrected chi connectivity index (χ3v) is 4.52. The first-order valence-corrected chi connectivity index (χ1v) is 6.52. The van der Waals surface area contributed by atoms with Crippen molar-refractivity contribution >= 4 is 26.7 Å². The molecule has 1 aliphatic rings. The average molecular weight is 279 g/mol. The molecular formula is C12H7BrOS. The Hall–Kier alpha value is -0.930. The maximum Gasteiger partial charge on any atom is 0.0862 e. The van der Waals surface area contributed by atoms with E-state index in [1.54, 1.807) is 0 Å². The molecule has 74 valence electrons. The van der Waals surface area contributed by atoms with Crippen LogP contribution in [0.2, 0.25) is 0 Å². The van der Waals surface area contributed by atoms with Crippen LogP contribution in [0.4, 0.5) is 0 Å². The fourth-order valence-corrected chi connectivity index (χ4v) is 3.58. The molecule has 0 saturated carbocycles. The van der Waals surface area contributed by atoms with Crippen molar-refractivity contribution in [2.24, 2.45) is 0 Å². The first-order valence-electron chi connectivity index (χ1n) is 4.58. The Morgan fingerprint density at radius 1 is 0.933 bits per heavy atom. The SMILES string of the molecule is O=S1c2ccccc2-c2cc(Br)ccc21. The minimum Gasteiger partial charge on any atom is -0.249 e. The van der Waals surface area contributed by atoms with Gasteiger partial charge in [-0.05, 0) is 29.8 Å². The number of benzene rings is 2. The topological polar surface area (TPSA) is 17.1 Å². The molecule has 15 heavy (non-hydrogen) atoms. The molecule has 0 N–H and O–H groups in total. The molecule has 1 heterocycles. The quantitative estimate of drug-likeness (QED) is 0.614.